The molecule has 25 heavy (non-hydrogen) atoms. The second kappa shape index (κ2) is 7.45. The van der Waals surface area contributed by atoms with Crippen LogP contribution >= 0.6 is 11.3 Å². The highest BCUT2D eigenvalue weighted by atomic mass is 32.1. The average molecular weight is 358 g/mol. The van der Waals surface area contributed by atoms with E-state index in [-0.39, 0.29) is 5.91 Å². The summed E-state index contributed by atoms with van der Waals surface area (Å²) >= 11 is 1.36. The Labute approximate surface area is 151 Å². The van der Waals surface area contributed by atoms with Gasteiger partial charge in [-0.1, -0.05) is 24.3 Å². The number of rotatable bonds is 5. The molecule has 2 aromatic rings. The normalized spacial score (nSPS) is 16.8. The van der Waals surface area contributed by atoms with Gasteiger partial charge in [-0.3, -0.25) is 9.69 Å². The van der Waals surface area contributed by atoms with E-state index in [0.717, 1.165) is 12.1 Å². The number of hydrogen-bond donors (Lipinski definition) is 1. The van der Waals surface area contributed by atoms with E-state index < -0.39 is 0 Å². The third-order valence-electron chi connectivity index (χ3n) is 4.56. The van der Waals surface area contributed by atoms with Crippen molar-refractivity contribution in [2.75, 3.05) is 26.3 Å². The van der Waals surface area contributed by atoms with Crippen molar-refractivity contribution < 1.29 is 14.3 Å². The number of carbonyl (C=O) groups excluding carboxylic acids is 1. The van der Waals surface area contributed by atoms with Crippen molar-refractivity contribution in [2.45, 2.75) is 25.9 Å². The molecule has 1 aromatic carbocycles. The number of ether oxygens (including phenoxy) is 2. The average Bonchev–Trinajstić information content (AvgIpc) is 3.29. The van der Waals surface area contributed by atoms with Gasteiger partial charge in [0, 0.05) is 18.5 Å². The molecule has 2 aliphatic heterocycles. The summed E-state index contributed by atoms with van der Waals surface area (Å²) in [5, 5.41) is 4.83. The third-order valence-corrected chi connectivity index (χ3v) is 5.50. The van der Waals surface area contributed by atoms with Gasteiger partial charge in [0.2, 0.25) is 0 Å². The Morgan fingerprint density at radius 3 is 2.84 bits per heavy atom. The molecular formula is C19H22N2O3S. The summed E-state index contributed by atoms with van der Waals surface area (Å²) in [6.45, 7) is 4.90. The van der Waals surface area contributed by atoms with Gasteiger partial charge in [-0.05, 0) is 37.1 Å². The molecule has 132 valence electrons. The van der Waals surface area contributed by atoms with Gasteiger partial charge in [0.1, 0.15) is 18.1 Å². The molecule has 0 unspecified atom stereocenters. The Bertz CT molecular complexity index is 753. The van der Waals surface area contributed by atoms with Crippen LogP contribution in [-0.2, 0) is 13.1 Å². The van der Waals surface area contributed by atoms with E-state index in [1.165, 1.54) is 42.8 Å². The van der Waals surface area contributed by atoms with Gasteiger partial charge in [0.15, 0.2) is 11.5 Å². The van der Waals surface area contributed by atoms with E-state index in [1.807, 2.05) is 5.38 Å². The first-order chi connectivity index (χ1) is 12.3. The Hall–Kier alpha value is -2.05. The molecule has 1 aromatic heterocycles. The zero-order valence-corrected chi connectivity index (χ0v) is 14.9. The number of likely N-dealkylation sites (tertiary alicyclic amines) is 1. The molecule has 4 rings (SSSR count). The van der Waals surface area contributed by atoms with Gasteiger partial charge in [-0.15, -0.1) is 11.3 Å². The first-order valence-corrected chi connectivity index (χ1v) is 9.63. The summed E-state index contributed by atoms with van der Waals surface area (Å²) in [7, 11) is 0. The van der Waals surface area contributed by atoms with Crippen LogP contribution < -0.4 is 14.8 Å². The maximum absolute atomic E-state index is 12.5. The Morgan fingerprint density at radius 1 is 1.16 bits per heavy atom. The molecule has 3 heterocycles. The van der Waals surface area contributed by atoms with E-state index in [1.54, 1.807) is 0 Å². The quantitative estimate of drug-likeness (QED) is 0.893. The molecule has 1 saturated heterocycles. The van der Waals surface area contributed by atoms with Gasteiger partial charge in [0.25, 0.3) is 5.91 Å². The second-order valence-corrected chi connectivity index (χ2v) is 7.32. The van der Waals surface area contributed by atoms with Crippen LogP contribution in [0.1, 0.15) is 33.6 Å². The lowest BCUT2D eigenvalue weighted by Crippen LogP contribution is -2.24. The molecule has 2 aliphatic rings. The van der Waals surface area contributed by atoms with Crippen LogP contribution in [0.25, 0.3) is 0 Å². The highest BCUT2D eigenvalue weighted by Gasteiger charge is 2.23. The molecular weight excluding hydrogens is 336 g/mol. The van der Waals surface area contributed by atoms with Crippen LogP contribution in [0, 0.1) is 0 Å². The molecule has 0 saturated carbocycles. The van der Waals surface area contributed by atoms with Gasteiger partial charge in [0.05, 0.1) is 0 Å². The largest absolute Gasteiger partial charge is 0.485 e. The summed E-state index contributed by atoms with van der Waals surface area (Å²) in [4.78, 5) is 15.5. The molecule has 5 nitrogen and oxygen atoms in total. The summed E-state index contributed by atoms with van der Waals surface area (Å²) in [6, 6.07) is 8.46. The van der Waals surface area contributed by atoms with E-state index >= 15 is 0 Å². The number of thiophene rings is 1. The summed E-state index contributed by atoms with van der Waals surface area (Å²) in [5.41, 5.74) is 2.42. The fourth-order valence-corrected chi connectivity index (χ4v) is 4.16. The van der Waals surface area contributed by atoms with Crippen LogP contribution in [0.5, 0.6) is 11.5 Å². The zero-order valence-electron chi connectivity index (χ0n) is 14.1. The molecule has 1 fully saturated rings. The number of fused-ring (bicyclic) bond motifs is 1. The van der Waals surface area contributed by atoms with E-state index in [2.05, 4.69) is 34.5 Å². The monoisotopic (exact) mass is 358 g/mol. The predicted octanol–water partition coefficient (Wildman–Crippen LogP) is 3.05. The Kier molecular flexibility index (Phi) is 4.90. The minimum atomic E-state index is -0.110. The van der Waals surface area contributed by atoms with Gasteiger partial charge in [-0.25, -0.2) is 0 Å². The molecule has 0 radical (unpaired) electrons. The highest BCUT2D eigenvalue weighted by molar-refractivity contribution is 7.12. The van der Waals surface area contributed by atoms with Gasteiger partial charge < -0.3 is 14.8 Å². The third kappa shape index (κ3) is 3.80. The minimum absolute atomic E-state index is 0.110. The lowest BCUT2D eigenvalue weighted by molar-refractivity contribution is 0.0946. The molecule has 0 aliphatic carbocycles. The van der Waals surface area contributed by atoms with Crippen LogP contribution in [0.3, 0.4) is 0 Å². The van der Waals surface area contributed by atoms with Crippen LogP contribution in [0.4, 0.5) is 0 Å². The van der Waals surface area contributed by atoms with Crippen LogP contribution in [-0.4, -0.2) is 37.1 Å². The highest BCUT2D eigenvalue weighted by Crippen LogP contribution is 2.39. The number of hydrogen-bond acceptors (Lipinski definition) is 5. The standard InChI is InChI=1S/C19H22N2O3S/c22-19(18-17-16(13-25-18)23-8-9-24-17)20-11-14-4-3-5-15(10-14)12-21-6-1-2-7-21/h3-5,10,13H,1-2,6-9,11-12H2,(H,20,22). The van der Waals surface area contributed by atoms with E-state index in [9.17, 15) is 4.79 Å². The van der Waals surface area contributed by atoms with Crippen molar-refractivity contribution in [3.05, 3.63) is 45.6 Å². The molecule has 0 bridgehead atoms. The van der Waals surface area contributed by atoms with Crippen LogP contribution in [0.15, 0.2) is 29.6 Å². The number of nitrogens with one attached hydrogen (secondary N) is 1. The summed E-state index contributed by atoms with van der Waals surface area (Å²) in [5.74, 6) is 1.15. The van der Waals surface area contributed by atoms with E-state index in [4.69, 9.17) is 9.47 Å². The smallest absolute Gasteiger partial charge is 0.265 e. The molecule has 0 atom stereocenters. The SMILES string of the molecule is O=C(NCc1cccc(CN2CCCC2)c1)c1scc2c1OCCO2. The number of benzene rings is 1. The summed E-state index contributed by atoms with van der Waals surface area (Å²) < 4.78 is 11.1. The minimum Gasteiger partial charge on any atom is -0.485 e. The number of amides is 1. The summed E-state index contributed by atoms with van der Waals surface area (Å²) in [6.07, 6.45) is 2.60. The number of nitrogens with zero attached hydrogens (tertiary/aromatic N) is 1. The van der Waals surface area contributed by atoms with Crippen LogP contribution in [0.2, 0.25) is 0 Å². The van der Waals surface area contributed by atoms with Crippen molar-refractivity contribution in [1.29, 1.82) is 0 Å². The van der Waals surface area contributed by atoms with Crippen molar-refractivity contribution in [3.8, 4) is 11.5 Å². The topological polar surface area (TPSA) is 50.8 Å². The fraction of sp³-hybridized carbons (Fsp3) is 0.421. The Balaban J connectivity index is 1.37. The predicted molar refractivity (Wildman–Crippen MR) is 97.4 cm³/mol. The molecule has 1 N–H and O–H groups in total. The Morgan fingerprint density at radius 2 is 1.96 bits per heavy atom. The first kappa shape index (κ1) is 16.4. The van der Waals surface area contributed by atoms with Crippen molar-refractivity contribution in [1.82, 2.24) is 10.2 Å². The van der Waals surface area contributed by atoms with Crippen molar-refractivity contribution >= 4 is 17.2 Å². The second-order valence-electron chi connectivity index (χ2n) is 6.44. The lowest BCUT2D eigenvalue weighted by Gasteiger charge is -2.16. The maximum Gasteiger partial charge on any atom is 0.265 e. The van der Waals surface area contributed by atoms with Gasteiger partial charge >= 0.3 is 0 Å². The first-order valence-electron chi connectivity index (χ1n) is 8.75. The van der Waals surface area contributed by atoms with E-state index in [0.29, 0.717) is 36.1 Å². The molecule has 0 spiro atoms. The molecule has 6 heteroatoms. The van der Waals surface area contributed by atoms with Crippen molar-refractivity contribution in [2.24, 2.45) is 0 Å². The number of carbonyl (C=O) groups is 1. The molecule has 1 amide bonds. The van der Waals surface area contributed by atoms with Crippen molar-refractivity contribution in [3.63, 3.8) is 0 Å². The fourth-order valence-electron chi connectivity index (χ4n) is 3.32. The van der Waals surface area contributed by atoms with Gasteiger partial charge in [-0.2, -0.15) is 0 Å². The lowest BCUT2D eigenvalue weighted by atomic mass is 10.1. The maximum atomic E-state index is 12.5. The zero-order chi connectivity index (χ0) is 17.1.